The zero-order valence-electron chi connectivity index (χ0n) is 14.8. The van der Waals surface area contributed by atoms with E-state index in [1.165, 1.54) is 5.39 Å². The maximum absolute atomic E-state index is 5.97. The molecule has 0 aliphatic heterocycles. The molecule has 0 aliphatic rings. The Bertz CT molecular complexity index is 623. The molecule has 0 aromatic heterocycles. The van der Waals surface area contributed by atoms with Crippen LogP contribution in [0.15, 0.2) is 36.4 Å². The van der Waals surface area contributed by atoms with Crippen LogP contribution in [-0.4, -0.2) is 26.4 Å². The molecule has 0 N–H and O–H groups in total. The van der Waals surface area contributed by atoms with Crippen LogP contribution in [0.4, 0.5) is 0 Å². The first kappa shape index (κ1) is 19.7. The fourth-order valence-corrected chi connectivity index (χ4v) is 5.66. The molecule has 0 spiro atoms. The van der Waals surface area contributed by atoms with Gasteiger partial charge in [-0.1, -0.05) is 30.3 Å². The third-order valence-corrected chi connectivity index (χ3v) is 7.00. The lowest BCUT2D eigenvalue weighted by atomic mass is 10.1. The van der Waals surface area contributed by atoms with Gasteiger partial charge in [0.25, 0.3) is 0 Å². The van der Waals surface area contributed by atoms with E-state index in [1.807, 2.05) is 39.8 Å². The van der Waals surface area contributed by atoms with Crippen LogP contribution in [0.2, 0.25) is 0 Å². The van der Waals surface area contributed by atoms with Crippen molar-refractivity contribution in [3.63, 3.8) is 0 Å². The molecule has 6 heteroatoms. The molecule has 0 unspecified atom stereocenters. The fraction of sp³-hybridized carbons (Fsp3) is 0.444. The van der Waals surface area contributed by atoms with Gasteiger partial charge in [0.05, 0.1) is 26.4 Å². The minimum Gasteiger partial charge on any atom is -0.331 e. The summed E-state index contributed by atoms with van der Waals surface area (Å²) in [4.78, 5) is 0. The predicted molar refractivity (Wildman–Crippen MR) is 104 cm³/mol. The number of hydrogen-bond acceptors (Lipinski definition) is 4. The lowest BCUT2D eigenvalue weighted by molar-refractivity contribution is 0.274. The van der Waals surface area contributed by atoms with E-state index in [-0.39, 0.29) is 0 Å². The summed E-state index contributed by atoms with van der Waals surface area (Å²) in [7, 11) is -2.32. The number of fused-ring (bicyclic) bond motifs is 1. The highest BCUT2D eigenvalue weighted by Crippen LogP contribution is 2.44. The van der Waals surface area contributed by atoms with Crippen LogP contribution >= 0.6 is 16.8 Å². The summed E-state index contributed by atoms with van der Waals surface area (Å²) >= 11 is 0. The third-order valence-electron chi connectivity index (χ3n) is 3.24. The minimum atomic E-state index is -1.17. The highest BCUT2D eigenvalue weighted by atomic mass is 31.2. The number of hydrogen-bond donors (Lipinski definition) is 0. The van der Waals surface area contributed by atoms with Gasteiger partial charge in [-0.05, 0) is 44.5 Å². The van der Waals surface area contributed by atoms with E-state index in [0.29, 0.717) is 26.4 Å². The van der Waals surface area contributed by atoms with Crippen molar-refractivity contribution >= 4 is 38.1 Å². The van der Waals surface area contributed by atoms with E-state index in [4.69, 9.17) is 18.1 Å². The highest BCUT2D eigenvalue weighted by Gasteiger charge is 2.26. The maximum atomic E-state index is 5.97. The summed E-state index contributed by atoms with van der Waals surface area (Å²) in [5.74, 6) is 0. The average Bonchev–Trinajstić information content (AvgIpc) is 2.60. The van der Waals surface area contributed by atoms with E-state index in [9.17, 15) is 0 Å². The normalized spacial score (nSPS) is 11.8. The molecule has 0 bridgehead atoms. The molecule has 2 aromatic carbocycles. The van der Waals surface area contributed by atoms with Crippen molar-refractivity contribution in [1.82, 2.24) is 0 Å². The van der Waals surface area contributed by atoms with Crippen molar-refractivity contribution in [3.05, 3.63) is 36.4 Å². The largest absolute Gasteiger partial charge is 0.331 e. The zero-order chi connectivity index (χ0) is 17.4. The maximum Gasteiger partial charge on any atom is 0.206 e. The van der Waals surface area contributed by atoms with Crippen LogP contribution < -0.4 is 10.6 Å². The number of benzene rings is 2. The molecular formula is C18H26O4P2. The van der Waals surface area contributed by atoms with E-state index < -0.39 is 16.8 Å². The van der Waals surface area contributed by atoms with Gasteiger partial charge in [-0.3, -0.25) is 0 Å². The summed E-state index contributed by atoms with van der Waals surface area (Å²) in [6.07, 6.45) is 0. The van der Waals surface area contributed by atoms with Crippen molar-refractivity contribution in [2.75, 3.05) is 26.4 Å². The van der Waals surface area contributed by atoms with E-state index in [1.54, 1.807) is 0 Å². The first-order valence-electron chi connectivity index (χ1n) is 8.40. The Hall–Kier alpha value is -0.600. The van der Waals surface area contributed by atoms with Crippen molar-refractivity contribution in [2.24, 2.45) is 0 Å². The lowest BCUT2D eigenvalue weighted by Crippen LogP contribution is -2.26. The van der Waals surface area contributed by atoms with Gasteiger partial charge in [0.15, 0.2) is 0 Å². The minimum absolute atomic E-state index is 0.607. The van der Waals surface area contributed by atoms with Crippen molar-refractivity contribution < 1.29 is 18.1 Å². The summed E-state index contributed by atoms with van der Waals surface area (Å²) in [6, 6.07) is 12.5. The second kappa shape index (κ2) is 10.4. The Labute approximate surface area is 147 Å². The molecule has 0 heterocycles. The second-order valence-corrected chi connectivity index (χ2v) is 7.83. The van der Waals surface area contributed by atoms with Crippen LogP contribution in [0, 0.1) is 0 Å². The Morgan fingerprint density at radius 3 is 1.79 bits per heavy atom. The Morgan fingerprint density at radius 1 is 0.667 bits per heavy atom. The predicted octanol–water partition coefficient (Wildman–Crippen LogP) is 4.86. The van der Waals surface area contributed by atoms with E-state index in [0.717, 1.165) is 16.0 Å². The Kier molecular flexibility index (Phi) is 8.55. The lowest BCUT2D eigenvalue weighted by Gasteiger charge is -2.24. The summed E-state index contributed by atoms with van der Waals surface area (Å²) in [5, 5.41) is 4.46. The van der Waals surface area contributed by atoms with Crippen LogP contribution in [0.25, 0.3) is 10.8 Å². The van der Waals surface area contributed by atoms with Crippen LogP contribution in [0.5, 0.6) is 0 Å². The van der Waals surface area contributed by atoms with Crippen LogP contribution in [0.1, 0.15) is 27.7 Å². The van der Waals surface area contributed by atoms with Crippen molar-refractivity contribution in [3.8, 4) is 0 Å². The van der Waals surface area contributed by atoms with Crippen molar-refractivity contribution in [1.29, 1.82) is 0 Å². The smallest absolute Gasteiger partial charge is 0.206 e. The van der Waals surface area contributed by atoms with Gasteiger partial charge in [0, 0.05) is 10.6 Å². The summed E-state index contributed by atoms with van der Waals surface area (Å²) in [5.41, 5.74) is 0. The quantitative estimate of drug-likeness (QED) is 0.561. The molecule has 2 aromatic rings. The van der Waals surface area contributed by atoms with E-state index >= 15 is 0 Å². The third kappa shape index (κ3) is 4.73. The van der Waals surface area contributed by atoms with Gasteiger partial charge in [0.1, 0.15) is 0 Å². The SMILES string of the molecule is CCOP(OCC)c1ccc2ccccc2c1P(OCC)OCC. The van der Waals surface area contributed by atoms with Crippen LogP contribution in [-0.2, 0) is 18.1 Å². The first-order chi connectivity index (χ1) is 11.8. The molecular weight excluding hydrogens is 342 g/mol. The molecule has 0 amide bonds. The zero-order valence-corrected chi connectivity index (χ0v) is 16.6. The molecule has 2 rings (SSSR count). The molecule has 132 valence electrons. The molecule has 24 heavy (non-hydrogen) atoms. The van der Waals surface area contributed by atoms with Gasteiger partial charge >= 0.3 is 0 Å². The Balaban J connectivity index is 2.61. The van der Waals surface area contributed by atoms with Gasteiger partial charge in [-0.2, -0.15) is 0 Å². The van der Waals surface area contributed by atoms with Gasteiger partial charge in [-0.25, -0.2) is 0 Å². The van der Waals surface area contributed by atoms with E-state index in [2.05, 4.69) is 24.3 Å². The molecule has 0 fully saturated rings. The first-order valence-corrected chi connectivity index (χ1v) is 10.8. The van der Waals surface area contributed by atoms with Gasteiger partial charge in [0.2, 0.25) is 16.8 Å². The Morgan fingerprint density at radius 2 is 1.21 bits per heavy atom. The second-order valence-electron chi connectivity index (χ2n) is 4.84. The van der Waals surface area contributed by atoms with Gasteiger partial charge in [-0.15, -0.1) is 0 Å². The molecule has 0 radical (unpaired) electrons. The van der Waals surface area contributed by atoms with Crippen LogP contribution in [0.3, 0.4) is 0 Å². The summed E-state index contributed by atoms with van der Waals surface area (Å²) in [6.45, 7) is 10.4. The topological polar surface area (TPSA) is 36.9 Å². The molecule has 0 saturated carbocycles. The number of rotatable bonds is 10. The molecule has 0 saturated heterocycles. The molecule has 4 nitrogen and oxygen atoms in total. The molecule has 0 aliphatic carbocycles. The summed E-state index contributed by atoms with van der Waals surface area (Å²) < 4.78 is 23.7. The molecule has 0 atom stereocenters. The monoisotopic (exact) mass is 368 g/mol. The van der Waals surface area contributed by atoms with Gasteiger partial charge < -0.3 is 18.1 Å². The fourth-order valence-electron chi connectivity index (χ4n) is 2.39. The average molecular weight is 368 g/mol. The highest BCUT2D eigenvalue weighted by molar-refractivity contribution is 7.63. The van der Waals surface area contributed by atoms with Crippen molar-refractivity contribution in [2.45, 2.75) is 27.7 Å². The standard InChI is InChI=1S/C18H26O4P2/c1-5-19-23(20-6-2)17-14-13-15-11-9-10-12-16(15)18(17)24(21-7-3)22-8-4/h9-14H,5-8H2,1-4H3.